The smallest absolute Gasteiger partial charge is 0.344 e. The summed E-state index contributed by atoms with van der Waals surface area (Å²) < 4.78 is 5.37. The molecule has 21 heavy (non-hydrogen) atoms. The molecule has 2 aromatic rings. The Morgan fingerprint density at radius 2 is 1.67 bits per heavy atom. The van der Waals surface area contributed by atoms with Crippen LogP contribution in [0.5, 0.6) is 5.75 Å². The van der Waals surface area contributed by atoms with Crippen LogP contribution in [0.1, 0.15) is 24.2 Å². The molecule has 0 amide bonds. The second kappa shape index (κ2) is 7.21. The van der Waals surface area contributed by atoms with Crippen LogP contribution in [0.3, 0.4) is 0 Å². The predicted octanol–water partition coefficient (Wildman–Crippen LogP) is 5.71. The first-order valence-electron chi connectivity index (χ1n) is 6.41. The minimum Gasteiger partial charge on any atom is -0.420 e. The van der Waals surface area contributed by atoms with E-state index in [-0.39, 0.29) is 5.75 Å². The molecule has 0 aliphatic heterocycles. The number of thioether (sulfide) groups is 1. The van der Waals surface area contributed by atoms with Crippen LogP contribution in [0, 0.1) is 0 Å². The van der Waals surface area contributed by atoms with Gasteiger partial charge >= 0.3 is 5.97 Å². The Bertz CT molecular complexity index is 636. The van der Waals surface area contributed by atoms with Crippen LogP contribution < -0.4 is 4.74 Å². The number of rotatable bonds is 4. The Morgan fingerprint density at radius 3 is 2.29 bits per heavy atom. The molecule has 0 aliphatic rings. The number of hydrogen-bond acceptors (Lipinski definition) is 3. The van der Waals surface area contributed by atoms with Gasteiger partial charge < -0.3 is 4.74 Å². The summed E-state index contributed by atoms with van der Waals surface area (Å²) >= 11 is 13.6. The Labute approximate surface area is 138 Å². The molecule has 0 unspecified atom stereocenters. The van der Waals surface area contributed by atoms with Crippen LogP contribution in [0.15, 0.2) is 47.4 Å². The third kappa shape index (κ3) is 4.16. The maximum atomic E-state index is 12.4. The van der Waals surface area contributed by atoms with Crippen LogP contribution in [-0.4, -0.2) is 11.2 Å². The minimum absolute atomic E-state index is 0.190. The fraction of sp³-hybridized carbons (Fsp3) is 0.188. The zero-order valence-electron chi connectivity index (χ0n) is 11.6. The number of para-hydroxylation sites is 1. The lowest BCUT2D eigenvalue weighted by atomic mass is 10.2. The molecule has 110 valence electrons. The molecular formula is C16H14Cl2O2S. The third-order valence-corrected chi connectivity index (χ3v) is 4.26. The van der Waals surface area contributed by atoms with Gasteiger partial charge in [0.15, 0.2) is 5.75 Å². The van der Waals surface area contributed by atoms with Crippen LogP contribution in [0.4, 0.5) is 0 Å². The van der Waals surface area contributed by atoms with Crippen molar-refractivity contribution in [3.05, 3.63) is 58.1 Å². The number of benzene rings is 2. The first-order chi connectivity index (χ1) is 9.99. The van der Waals surface area contributed by atoms with Gasteiger partial charge in [-0.25, -0.2) is 4.79 Å². The molecule has 0 N–H and O–H groups in total. The topological polar surface area (TPSA) is 26.3 Å². The summed E-state index contributed by atoms with van der Waals surface area (Å²) in [5, 5.41) is 0.984. The fourth-order valence-electron chi connectivity index (χ4n) is 1.72. The Morgan fingerprint density at radius 1 is 1.05 bits per heavy atom. The molecule has 2 rings (SSSR count). The molecule has 0 aliphatic carbocycles. The SMILES string of the molecule is CC(C)Sc1ccccc1C(=O)Oc1c(Cl)cccc1Cl. The standard InChI is InChI=1S/C16H14Cl2O2S/c1-10(2)21-14-9-4-3-6-11(14)16(19)20-15-12(17)7-5-8-13(15)18/h3-10H,1-2H3. The van der Waals surface area contributed by atoms with Crippen molar-refractivity contribution in [2.45, 2.75) is 24.0 Å². The van der Waals surface area contributed by atoms with Gasteiger partial charge in [0.25, 0.3) is 0 Å². The van der Waals surface area contributed by atoms with E-state index in [1.54, 1.807) is 42.1 Å². The monoisotopic (exact) mass is 340 g/mol. The number of hydrogen-bond donors (Lipinski definition) is 0. The van der Waals surface area contributed by atoms with Crippen molar-refractivity contribution in [2.24, 2.45) is 0 Å². The summed E-state index contributed by atoms with van der Waals surface area (Å²) in [6, 6.07) is 12.3. The summed E-state index contributed by atoms with van der Waals surface area (Å²) in [5.74, 6) is -0.274. The minimum atomic E-state index is -0.464. The van der Waals surface area contributed by atoms with Crippen molar-refractivity contribution >= 4 is 40.9 Å². The van der Waals surface area contributed by atoms with E-state index in [2.05, 4.69) is 13.8 Å². The van der Waals surface area contributed by atoms with E-state index in [9.17, 15) is 4.79 Å². The zero-order valence-corrected chi connectivity index (χ0v) is 13.9. The number of carbonyl (C=O) groups is 1. The van der Waals surface area contributed by atoms with E-state index in [1.807, 2.05) is 12.1 Å². The molecule has 0 saturated heterocycles. The van der Waals surface area contributed by atoms with Gasteiger partial charge in [0.05, 0.1) is 15.6 Å². The Balaban J connectivity index is 2.29. The highest BCUT2D eigenvalue weighted by Gasteiger charge is 2.17. The van der Waals surface area contributed by atoms with Crippen molar-refractivity contribution < 1.29 is 9.53 Å². The number of ether oxygens (including phenoxy) is 1. The van der Waals surface area contributed by atoms with Gasteiger partial charge in [-0.3, -0.25) is 0 Å². The molecular weight excluding hydrogens is 327 g/mol. The van der Waals surface area contributed by atoms with E-state index in [0.29, 0.717) is 20.9 Å². The normalized spacial score (nSPS) is 10.7. The molecule has 5 heteroatoms. The van der Waals surface area contributed by atoms with Crippen molar-refractivity contribution in [3.8, 4) is 5.75 Å². The third-order valence-electron chi connectivity index (χ3n) is 2.58. The van der Waals surface area contributed by atoms with Crippen molar-refractivity contribution in [2.75, 3.05) is 0 Å². The molecule has 0 atom stereocenters. The quantitative estimate of drug-likeness (QED) is 0.405. The molecule has 0 heterocycles. The van der Waals surface area contributed by atoms with Gasteiger partial charge in [0.2, 0.25) is 0 Å². The van der Waals surface area contributed by atoms with E-state index in [0.717, 1.165) is 4.90 Å². The van der Waals surface area contributed by atoms with Crippen LogP contribution in [-0.2, 0) is 0 Å². The van der Waals surface area contributed by atoms with Gasteiger partial charge in [-0.05, 0) is 24.3 Å². The summed E-state index contributed by atoms with van der Waals surface area (Å²) in [5.41, 5.74) is 0.507. The van der Waals surface area contributed by atoms with Crippen LogP contribution >= 0.6 is 35.0 Å². The van der Waals surface area contributed by atoms with Crippen molar-refractivity contribution in [1.82, 2.24) is 0 Å². The number of carbonyl (C=O) groups excluding carboxylic acids is 1. The highest BCUT2D eigenvalue weighted by atomic mass is 35.5. The molecule has 0 fully saturated rings. The molecule has 2 aromatic carbocycles. The van der Waals surface area contributed by atoms with Gasteiger partial charge in [0, 0.05) is 10.1 Å². The number of esters is 1. The Hall–Kier alpha value is -1.16. The van der Waals surface area contributed by atoms with Gasteiger partial charge in [-0.1, -0.05) is 55.2 Å². The lowest BCUT2D eigenvalue weighted by Crippen LogP contribution is -2.10. The highest BCUT2D eigenvalue weighted by molar-refractivity contribution is 8.00. The summed E-state index contributed by atoms with van der Waals surface area (Å²) in [4.78, 5) is 13.2. The Kier molecular flexibility index (Phi) is 5.57. The van der Waals surface area contributed by atoms with E-state index >= 15 is 0 Å². The zero-order chi connectivity index (χ0) is 15.4. The molecule has 0 saturated carbocycles. The maximum Gasteiger partial charge on any atom is 0.344 e. The van der Waals surface area contributed by atoms with E-state index in [4.69, 9.17) is 27.9 Å². The van der Waals surface area contributed by atoms with Crippen LogP contribution in [0.25, 0.3) is 0 Å². The number of halogens is 2. The molecule has 0 spiro atoms. The molecule has 0 radical (unpaired) electrons. The van der Waals surface area contributed by atoms with Gasteiger partial charge in [-0.15, -0.1) is 11.8 Å². The predicted molar refractivity (Wildman–Crippen MR) is 88.9 cm³/mol. The maximum absolute atomic E-state index is 12.4. The first-order valence-corrected chi connectivity index (χ1v) is 8.04. The lowest BCUT2D eigenvalue weighted by molar-refractivity contribution is 0.0731. The molecule has 2 nitrogen and oxygen atoms in total. The average molecular weight is 341 g/mol. The molecule has 0 bridgehead atoms. The van der Waals surface area contributed by atoms with Crippen molar-refractivity contribution in [1.29, 1.82) is 0 Å². The highest BCUT2D eigenvalue weighted by Crippen LogP contribution is 2.34. The molecule has 0 aromatic heterocycles. The summed E-state index contributed by atoms with van der Waals surface area (Å²) in [6.07, 6.45) is 0. The lowest BCUT2D eigenvalue weighted by Gasteiger charge is -2.12. The second-order valence-electron chi connectivity index (χ2n) is 4.60. The van der Waals surface area contributed by atoms with Crippen LogP contribution in [0.2, 0.25) is 10.0 Å². The summed E-state index contributed by atoms with van der Waals surface area (Å²) in [6.45, 7) is 4.13. The van der Waals surface area contributed by atoms with Gasteiger partial charge in [0.1, 0.15) is 0 Å². The largest absolute Gasteiger partial charge is 0.420 e. The van der Waals surface area contributed by atoms with E-state index < -0.39 is 5.97 Å². The first kappa shape index (κ1) is 16.2. The fourth-order valence-corrected chi connectivity index (χ4v) is 3.14. The second-order valence-corrected chi connectivity index (χ2v) is 7.04. The van der Waals surface area contributed by atoms with Gasteiger partial charge in [-0.2, -0.15) is 0 Å². The summed E-state index contributed by atoms with van der Waals surface area (Å²) in [7, 11) is 0. The average Bonchev–Trinajstić information content (AvgIpc) is 2.43. The van der Waals surface area contributed by atoms with Crippen molar-refractivity contribution in [3.63, 3.8) is 0 Å². The van der Waals surface area contributed by atoms with E-state index in [1.165, 1.54) is 0 Å².